The van der Waals surface area contributed by atoms with Gasteiger partial charge in [-0.2, -0.15) is 0 Å². The van der Waals surface area contributed by atoms with Gasteiger partial charge in [0.05, 0.1) is 14.1 Å². The van der Waals surface area contributed by atoms with E-state index in [1.54, 1.807) is 45.0 Å². The van der Waals surface area contributed by atoms with Gasteiger partial charge in [0.25, 0.3) is 5.91 Å². The number of carbonyl (C=O) groups excluding carboxylic acids is 4. The van der Waals surface area contributed by atoms with Crippen LogP contribution in [0, 0.1) is 6.92 Å². The van der Waals surface area contributed by atoms with E-state index in [-0.39, 0.29) is 49.6 Å². The molecule has 0 unspecified atom stereocenters. The molecule has 0 heterocycles. The van der Waals surface area contributed by atoms with Gasteiger partial charge in [0.2, 0.25) is 0 Å². The number of unbranched alkanes of at least 4 members (excludes halogenated alkanes) is 2. The van der Waals surface area contributed by atoms with Crippen molar-refractivity contribution in [1.82, 2.24) is 16.0 Å². The van der Waals surface area contributed by atoms with Gasteiger partial charge < -0.3 is 61.1 Å². The number of amides is 4. The van der Waals surface area contributed by atoms with Crippen molar-refractivity contribution in [3.8, 4) is 33.4 Å². The molecule has 3 aliphatic rings. The van der Waals surface area contributed by atoms with E-state index in [1.165, 1.54) is 68.8 Å². The minimum Gasteiger partial charge on any atom is -0.480 e. The summed E-state index contributed by atoms with van der Waals surface area (Å²) in [6.07, 6.45) is 0.281. The number of hydrogen-bond donors (Lipinski definition) is 9. The zero-order valence-corrected chi connectivity index (χ0v) is 56.0. The lowest BCUT2D eigenvalue weighted by Crippen LogP contribution is -2.40. The van der Waals surface area contributed by atoms with Crippen molar-refractivity contribution >= 4 is 53.9 Å². The number of ether oxygens (including phenoxy) is 4. The fourth-order valence-corrected chi connectivity index (χ4v) is 11.7. The summed E-state index contributed by atoms with van der Waals surface area (Å²) >= 11 is 0. The topological polar surface area (TPSA) is 329 Å². The van der Waals surface area contributed by atoms with Crippen LogP contribution in [0.4, 0.5) is 29.3 Å². The van der Waals surface area contributed by atoms with Crippen LogP contribution < -0.4 is 27.0 Å². The molecule has 10 N–H and O–H groups in total. The summed E-state index contributed by atoms with van der Waals surface area (Å²) in [6, 6.07) is 59.7. The predicted molar refractivity (Wildman–Crippen MR) is 378 cm³/mol. The Kier molecular flexibility index (Phi) is 27.8. The number of alkyl carbamates (subject to hydrolysis) is 2. The lowest BCUT2D eigenvalue weighted by molar-refractivity contribution is -0.140. The van der Waals surface area contributed by atoms with Crippen molar-refractivity contribution in [3.05, 3.63) is 244 Å². The molecule has 100 heavy (non-hydrogen) atoms. The molecule has 3 aliphatic carbocycles. The van der Waals surface area contributed by atoms with Gasteiger partial charge >= 0.3 is 42.3 Å². The zero-order valence-electron chi connectivity index (χ0n) is 57.0. The third-order valence-corrected chi connectivity index (χ3v) is 16.4. The molecule has 0 radical (unpaired) electrons. The average Bonchev–Trinajstić information content (AvgIpc) is 1.64. The van der Waals surface area contributed by atoms with Crippen LogP contribution in [0.15, 0.2) is 194 Å². The van der Waals surface area contributed by atoms with Crippen LogP contribution in [-0.2, 0) is 28.5 Å². The molecule has 0 aliphatic heterocycles. The van der Waals surface area contributed by atoms with E-state index in [0.717, 1.165) is 27.8 Å². The Balaban J connectivity index is 0.000000195. The fourth-order valence-electron chi connectivity index (χ4n) is 11.7. The molecule has 0 fully saturated rings. The van der Waals surface area contributed by atoms with Gasteiger partial charge in [-0.05, 0) is 169 Å². The van der Waals surface area contributed by atoms with Gasteiger partial charge in [-0.1, -0.05) is 163 Å². The number of aryl methyl sites for hydroxylation is 1. The summed E-state index contributed by atoms with van der Waals surface area (Å²) in [5, 5.41) is 46.1. The normalized spacial score (nSPS) is 12.6. The molecule has 0 saturated heterocycles. The van der Waals surface area contributed by atoms with Gasteiger partial charge in [-0.3, -0.25) is 19.3 Å². The maximum absolute atomic E-state index is 12.3. The second-order valence-electron chi connectivity index (χ2n) is 24.5. The minimum atomic E-state index is -1.23. The maximum atomic E-state index is 12.3. The van der Waals surface area contributed by atoms with Crippen LogP contribution in [0.3, 0.4) is 0 Å². The Morgan fingerprint density at radius 1 is 0.480 bits per heavy atom. The molecule has 21 nitrogen and oxygen atoms in total. The summed E-state index contributed by atoms with van der Waals surface area (Å²) in [4.78, 5) is 91.4. The number of alkyl halides is 1. The monoisotopic (exact) mass is 1370 g/mol. The van der Waals surface area contributed by atoms with Crippen molar-refractivity contribution in [3.63, 3.8) is 0 Å². The van der Waals surface area contributed by atoms with Crippen molar-refractivity contribution in [2.24, 2.45) is 5.73 Å². The first kappa shape index (κ1) is 74.4. The number of rotatable bonds is 22. The Morgan fingerprint density at radius 2 is 0.830 bits per heavy atom. The molecule has 0 saturated carbocycles. The highest BCUT2D eigenvalue weighted by Gasteiger charge is 2.32. The van der Waals surface area contributed by atoms with Gasteiger partial charge in [0.15, 0.2) is 0 Å². The maximum Gasteiger partial charge on any atom is 0.505 e. The van der Waals surface area contributed by atoms with E-state index in [0.29, 0.717) is 56.4 Å². The highest BCUT2D eigenvalue weighted by molar-refractivity contribution is 5.96. The number of nitrogens with one attached hydrogen (secondary N) is 4. The summed E-state index contributed by atoms with van der Waals surface area (Å²) < 4.78 is 36.3. The van der Waals surface area contributed by atoms with E-state index >= 15 is 0 Å². The van der Waals surface area contributed by atoms with Crippen molar-refractivity contribution in [2.75, 3.05) is 45.4 Å². The van der Waals surface area contributed by atoms with E-state index in [1.807, 2.05) is 91.9 Å². The highest BCUT2D eigenvalue weighted by Crippen LogP contribution is 2.47. The molecule has 0 bridgehead atoms. The summed E-state index contributed by atoms with van der Waals surface area (Å²) in [5.41, 5.74) is 21.0. The molecule has 11 rings (SSSR count). The number of carboxylic acids is 3. The van der Waals surface area contributed by atoms with Gasteiger partial charge in [0, 0.05) is 42.1 Å². The van der Waals surface area contributed by atoms with Crippen LogP contribution in [-0.4, -0.2) is 126 Å². The van der Waals surface area contributed by atoms with Crippen LogP contribution in [0.25, 0.3) is 33.4 Å². The third kappa shape index (κ3) is 21.8. The van der Waals surface area contributed by atoms with Crippen molar-refractivity contribution in [2.45, 2.75) is 102 Å². The molecule has 524 valence electrons. The van der Waals surface area contributed by atoms with Crippen molar-refractivity contribution in [1.29, 1.82) is 0 Å². The number of benzene rings is 8. The Hall–Kier alpha value is -11.4. The molecular weight excluding hydrogens is 1280 g/mol. The number of anilines is 1. The lowest BCUT2D eigenvalue weighted by Gasteiger charge is -2.19. The smallest absolute Gasteiger partial charge is 0.480 e. The number of carbonyl (C=O) groups is 8. The van der Waals surface area contributed by atoms with Crippen LogP contribution >= 0.6 is 0 Å². The van der Waals surface area contributed by atoms with E-state index in [2.05, 4.69) is 81.9 Å². The van der Waals surface area contributed by atoms with Crippen LogP contribution in [0.2, 0.25) is 0 Å². The number of fused-ring (bicyclic) bond motifs is 9. The lowest BCUT2D eigenvalue weighted by atomic mass is 9.98. The number of aliphatic carboxylic acids is 2. The third-order valence-electron chi connectivity index (χ3n) is 16.4. The zero-order chi connectivity index (χ0) is 73.0. The van der Waals surface area contributed by atoms with Crippen LogP contribution in [0.5, 0.6) is 0 Å². The Bertz CT molecular complexity index is 3990. The molecule has 0 aromatic heterocycles. The summed E-state index contributed by atoms with van der Waals surface area (Å²) in [5.74, 6) is -3.46. The number of nitrogens with two attached hydrogens (primary N) is 1. The SMILES string of the molecule is CC(C)(C)OC(=O)Nc1ccc(C(=O)O)cc1.Cc1ccc(C(=O)N[C@@H](CCCCNC(=O)OCC2c3ccccc3-c3ccccc32)C(=O)O)cc1.N[C@@H](CCCCNC(=O)OCC1c2ccccc2-c2ccccc21)C(=O)O.O=C(O)OCC1c2ccccc2-c2ccccc21.[2H]CF. The predicted octanol–water partition coefficient (Wildman–Crippen LogP) is 14.8. The summed E-state index contributed by atoms with van der Waals surface area (Å²) in [6.45, 7) is 8.69. The first-order chi connectivity index (χ1) is 48.5. The van der Waals surface area contributed by atoms with E-state index in [9.17, 15) is 47.9 Å². The molecule has 8 aromatic carbocycles. The van der Waals surface area contributed by atoms with Gasteiger partial charge in [-0.15, -0.1) is 0 Å². The summed E-state index contributed by atoms with van der Waals surface area (Å²) in [7, 11) is -1.00. The number of aromatic carboxylic acids is 1. The molecule has 0 spiro atoms. The Morgan fingerprint density at radius 3 is 1.17 bits per heavy atom. The van der Waals surface area contributed by atoms with Gasteiger partial charge in [0.1, 0.15) is 37.5 Å². The standard InChI is InChI=1S/C29H30N2O5.C21H24N2O4.C15H12O3.C12H15NO4.CH3F/c1-19-13-15-20(16-14-19)27(32)31-26(28(33)34)12-6-7-17-30-29(35)36-18-25-23-10-4-2-8-21(23)22-9-3-5-11-24(22)25;22-19(20(24)25)11-5-6-12-23-21(26)27-13-18-16-9-3-1-7-14(16)15-8-2-4-10-17(15)18;16-15(17)18-9-14-12-7-3-1-5-10(12)11-6-2-4-8-13(11)14;1-12(2,3)17-11(16)13-9-6-4-8(5-7-9)10(14)15;1-2/h2-5,8-11,13-16,25-26H,6-7,12,17-18H2,1H3,(H,30,35)(H,31,32)(H,33,34);1-4,7-10,18-19H,5-6,11-13,22H2,(H,23,26)(H,24,25);1-8,14H,9H2,(H,16,17);4-7H,1-3H3,(H,13,16)(H,14,15);1H3/t26-;19-;;;/m00.../s1/i;;;;1D. The molecular formula is C78H84FN5O16. The fraction of sp³-hybridized carbons (Fsp3) is 0.282. The first-order valence-corrected chi connectivity index (χ1v) is 32.5. The second-order valence-corrected chi connectivity index (χ2v) is 24.5. The molecule has 8 aromatic rings. The quantitative estimate of drug-likeness (QED) is 0.0173. The minimum absolute atomic E-state index is 0.00313. The molecule has 22 heteroatoms. The Labute approximate surface area is 581 Å². The number of carboxylic acid groups (broad SMARTS) is 4. The van der Waals surface area contributed by atoms with E-state index < -0.39 is 73.1 Å². The van der Waals surface area contributed by atoms with Crippen molar-refractivity contribution < 1.29 is 83.5 Å². The second kappa shape index (κ2) is 37.4. The number of hydrogen-bond acceptors (Lipinski definition) is 13. The average molecular weight is 1370 g/mol. The first-order valence-electron chi connectivity index (χ1n) is 33.2. The van der Waals surface area contributed by atoms with Crippen LogP contribution in [0.1, 0.15) is 138 Å². The van der Waals surface area contributed by atoms with Gasteiger partial charge in [-0.25, -0.2) is 28.8 Å². The van der Waals surface area contributed by atoms with E-state index in [4.69, 9.17) is 41.4 Å². The molecule has 2 atom stereocenters. The highest BCUT2D eigenvalue weighted by atomic mass is 19.1. The largest absolute Gasteiger partial charge is 0.505 e. The number of halogens is 1. The molecule has 4 amide bonds.